The fourth-order valence-electron chi connectivity index (χ4n) is 2.32. The molecule has 0 bridgehead atoms. The molecule has 0 saturated heterocycles. The zero-order valence-corrected chi connectivity index (χ0v) is 8.99. The van der Waals surface area contributed by atoms with Crippen LogP contribution in [0.5, 0.6) is 0 Å². The van der Waals surface area contributed by atoms with Crippen LogP contribution in [0.3, 0.4) is 0 Å². The Morgan fingerprint density at radius 1 is 1.47 bits per heavy atom. The largest absolute Gasteiger partial charge is 0.345 e. The zero-order chi connectivity index (χ0) is 10.8. The molecule has 0 spiro atoms. The standard InChI is InChI=1S/C11H17N3O/c1-7-6-10(14-11(15)13-7)8-4-2-3-5-9(8)12/h6,8-9H,2-5,12H2,1H3,(H,13,14,15). The minimum atomic E-state index is -0.261. The number of nitrogens with zero attached hydrogens (tertiary/aromatic N) is 1. The van der Waals surface area contributed by atoms with Crippen LogP contribution in [0, 0.1) is 6.92 Å². The van der Waals surface area contributed by atoms with E-state index in [4.69, 9.17) is 5.73 Å². The van der Waals surface area contributed by atoms with Crippen LogP contribution in [0.15, 0.2) is 10.9 Å². The maximum Gasteiger partial charge on any atom is 0.345 e. The molecule has 82 valence electrons. The highest BCUT2D eigenvalue weighted by Crippen LogP contribution is 2.30. The van der Waals surface area contributed by atoms with Gasteiger partial charge < -0.3 is 10.7 Å². The molecule has 1 saturated carbocycles. The molecule has 1 aliphatic rings. The molecule has 1 heterocycles. The lowest BCUT2D eigenvalue weighted by molar-refractivity contribution is 0.378. The van der Waals surface area contributed by atoms with Gasteiger partial charge in [-0.15, -0.1) is 0 Å². The van der Waals surface area contributed by atoms with Gasteiger partial charge in [-0.2, -0.15) is 4.98 Å². The summed E-state index contributed by atoms with van der Waals surface area (Å²) in [4.78, 5) is 17.9. The fraction of sp³-hybridized carbons (Fsp3) is 0.636. The van der Waals surface area contributed by atoms with Gasteiger partial charge in [0.05, 0.1) is 5.69 Å². The fourth-order valence-corrected chi connectivity index (χ4v) is 2.32. The van der Waals surface area contributed by atoms with Crippen molar-refractivity contribution in [3.63, 3.8) is 0 Å². The van der Waals surface area contributed by atoms with Crippen molar-refractivity contribution >= 4 is 0 Å². The van der Waals surface area contributed by atoms with Gasteiger partial charge in [0.25, 0.3) is 0 Å². The molecule has 2 rings (SSSR count). The van der Waals surface area contributed by atoms with E-state index in [1.54, 1.807) is 0 Å². The van der Waals surface area contributed by atoms with E-state index in [0.717, 1.165) is 24.2 Å². The van der Waals surface area contributed by atoms with Gasteiger partial charge in [-0.25, -0.2) is 4.79 Å². The van der Waals surface area contributed by atoms with E-state index in [0.29, 0.717) is 0 Å². The summed E-state index contributed by atoms with van der Waals surface area (Å²) in [5, 5.41) is 0. The van der Waals surface area contributed by atoms with Crippen LogP contribution in [-0.2, 0) is 0 Å². The van der Waals surface area contributed by atoms with Crippen LogP contribution < -0.4 is 11.4 Å². The summed E-state index contributed by atoms with van der Waals surface area (Å²) in [6.07, 6.45) is 4.47. The molecule has 0 amide bonds. The van der Waals surface area contributed by atoms with E-state index in [2.05, 4.69) is 9.97 Å². The number of nitrogens with one attached hydrogen (secondary N) is 1. The van der Waals surface area contributed by atoms with Crippen molar-refractivity contribution in [1.29, 1.82) is 0 Å². The minimum Gasteiger partial charge on any atom is -0.327 e. The second-order valence-corrected chi connectivity index (χ2v) is 4.35. The lowest BCUT2D eigenvalue weighted by Gasteiger charge is -2.27. The highest BCUT2D eigenvalue weighted by atomic mass is 16.1. The van der Waals surface area contributed by atoms with E-state index in [9.17, 15) is 4.79 Å². The average molecular weight is 207 g/mol. The molecule has 4 nitrogen and oxygen atoms in total. The van der Waals surface area contributed by atoms with Gasteiger partial charge in [0.1, 0.15) is 0 Å². The molecule has 0 aliphatic heterocycles. The topological polar surface area (TPSA) is 71.8 Å². The molecule has 2 atom stereocenters. The normalized spacial score (nSPS) is 26.5. The Morgan fingerprint density at radius 2 is 2.20 bits per heavy atom. The highest BCUT2D eigenvalue weighted by Gasteiger charge is 2.24. The molecule has 1 aromatic rings. The van der Waals surface area contributed by atoms with E-state index in [1.807, 2.05) is 13.0 Å². The second kappa shape index (κ2) is 4.14. The molecule has 4 heteroatoms. The summed E-state index contributed by atoms with van der Waals surface area (Å²) in [6.45, 7) is 1.88. The van der Waals surface area contributed by atoms with E-state index >= 15 is 0 Å². The first-order chi connectivity index (χ1) is 7.16. The maximum absolute atomic E-state index is 11.3. The van der Waals surface area contributed by atoms with Gasteiger partial charge in [0.2, 0.25) is 0 Å². The van der Waals surface area contributed by atoms with E-state index in [1.165, 1.54) is 12.8 Å². The van der Waals surface area contributed by atoms with Crippen LogP contribution in [0.25, 0.3) is 0 Å². The number of aromatic nitrogens is 2. The Kier molecular flexibility index (Phi) is 2.86. The zero-order valence-electron chi connectivity index (χ0n) is 8.99. The Morgan fingerprint density at radius 3 is 2.87 bits per heavy atom. The minimum absolute atomic E-state index is 0.160. The summed E-state index contributed by atoms with van der Waals surface area (Å²) in [7, 11) is 0. The van der Waals surface area contributed by atoms with Crippen molar-refractivity contribution in [2.45, 2.75) is 44.6 Å². The first kappa shape index (κ1) is 10.4. The number of rotatable bonds is 1. The first-order valence-corrected chi connectivity index (χ1v) is 5.50. The average Bonchev–Trinajstić information content (AvgIpc) is 2.16. The summed E-state index contributed by atoms with van der Waals surface area (Å²) < 4.78 is 0. The van der Waals surface area contributed by atoms with Crippen molar-refractivity contribution in [2.24, 2.45) is 5.73 Å². The lowest BCUT2D eigenvalue weighted by atomic mass is 9.83. The van der Waals surface area contributed by atoms with Crippen molar-refractivity contribution in [3.8, 4) is 0 Å². The molecule has 1 aromatic heterocycles. The summed E-state index contributed by atoms with van der Waals surface area (Å²) in [6, 6.07) is 2.10. The quantitative estimate of drug-likeness (QED) is 0.723. The number of hydrogen-bond donors (Lipinski definition) is 2. The monoisotopic (exact) mass is 207 g/mol. The third-order valence-corrected chi connectivity index (χ3v) is 3.10. The van der Waals surface area contributed by atoms with Gasteiger partial charge in [-0.3, -0.25) is 0 Å². The number of nitrogens with two attached hydrogens (primary N) is 1. The Hall–Kier alpha value is -1.16. The van der Waals surface area contributed by atoms with Gasteiger partial charge in [-0.1, -0.05) is 12.8 Å². The summed E-state index contributed by atoms with van der Waals surface area (Å²) in [5.74, 6) is 0.264. The van der Waals surface area contributed by atoms with Gasteiger partial charge in [0.15, 0.2) is 0 Å². The Balaban J connectivity index is 2.31. The number of aryl methyl sites for hydroxylation is 1. The molecule has 1 aliphatic carbocycles. The van der Waals surface area contributed by atoms with Crippen molar-refractivity contribution < 1.29 is 0 Å². The van der Waals surface area contributed by atoms with Crippen molar-refractivity contribution in [2.75, 3.05) is 0 Å². The van der Waals surface area contributed by atoms with Gasteiger partial charge >= 0.3 is 5.69 Å². The molecule has 3 N–H and O–H groups in total. The number of aromatic amines is 1. The number of H-pyrrole nitrogens is 1. The molecular formula is C11H17N3O. The van der Waals surface area contributed by atoms with Crippen LogP contribution >= 0.6 is 0 Å². The molecule has 0 aromatic carbocycles. The second-order valence-electron chi connectivity index (χ2n) is 4.35. The first-order valence-electron chi connectivity index (χ1n) is 5.50. The third kappa shape index (κ3) is 2.26. The van der Waals surface area contributed by atoms with Gasteiger partial charge in [0, 0.05) is 17.7 Å². The SMILES string of the molecule is Cc1cc(C2CCCCC2N)nc(=O)[nH]1. The van der Waals surface area contributed by atoms with Crippen LogP contribution in [0.1, 0.15) is 43.0 Å². The third-order valence-electron chi connectivity index (χ3n) is 3.10. The van der Waals surface area contributed by atoms with Crippen LogP contribution in [-0.4, -0.2) is 16.0 Å². The predicted octanol–water partition coefficient (Wildman–Crippen LogP) is 1.06. The molecule has 0 radical (unpaired) electrons. The Bertz CT molecular complexity index is 399. The van der Waals surface area contributed by atoms with Gasteiger partial charge in [-0.05, 0) is 25.8 Å². The van der Waals surface area contributed by atoms with Crippen molar-refractivity contribution in [3.05, 3.63) is 27.9 Å². The van der Waals surface area contributed by atoms with E-state index < -0.39 is 0 Å². The Labute approximate surface area is 88.9 Å². The van der Waals surface area contributed by atoms with Crippen LogP contribution in [0.2, 0.25) is 0 Å². The molecule has 2 unspecified atom stereocenters. The maximum atomic E-state index is 11.3. The smallest absolute Gasteiger partial charge is 0.327 e. The molecule has 15 heavy (non-hydrogen) atoms. The highest BCUT2D eigenvalue weighted by molar-refractivity contribution is 5.14. The molecule has 1 fully saturated rings. The van der Waals surface area contributed by atoms with Crippen molar-refractivity contribution in [1.82, 2.24) is 9.97 Å². The molecular weight excluding hydrogens is 190 g/mol. The summed E-state index contributed by atoms with van der Waals surface area (Å²) in [5.41, 5.74) is 7.53. The number of hydrogen-bond acceptors (Lipinski definition) is 3. The summed E-state index contributed by atoms with van der Waals surface area (Å²) >= 11 is 0. The van der Waals surface area contributed by atoms with E-state index in [-0.39, 0.29) is 17.6 Å². The van der Waals surface area contributed by atoms with Crippen LogP contribution in [0.4, 0.5) is 0 Å². The lowest BCUT2D eigenvalue weighted by Crippen LogP contribution is -2.33. The predicted molar refractivity (Wildman–Crippen MR) is 58.8 cm³/mol.